The van der Waals surface area contributed by atoms with E-state index >= 15 is 0 Å². The Morgan fingerprint density at radius 2 is 1.93 bits per heavy atom. The Morgan fingerprint density at radius 3 is 2.67 bits per heavy atom. The van der Waals surface area contributed by atoms with Crippen LogP contribution in [0.5, 0.6) is 5.75 Å². The van der Waals surface area contributed by atoms with Gasteiger partial charge in [-0.3, -0.25) is 4.68 Å². The number of aryl methyl sites for hydroxylation is 1. The number of rotatable bonds is 5. The summed E-state index contributed by atoms with van der Waals surface area (Å²) in [5.41, 5.74) is 4.38. The van der Waals surface area contributed by atoms with E-state index in [1.807, 2.05) is 60.0 Å². The molecule has 4 rings (SSSR count). The minimum atomic E-state index is -1.03. The van der Waals surface area contributed by atoms with Crippen LogP contribution < -0.4 is 4.74 Å². The van der Waals surface area contributed by atoms with Crippen molar-refractivity contribution in [2.45, 2.75) is 13.5 Å². The molecule has 0 aliphatic carbocycles. The number of nitrogens with zero attached hydrogens (tertiary/aromatic N) is 4. The van der Waals surface area contributed by atoms with Crippen LogP contribution >= 0.6 is 0 Å². The fourth-order valence-electron chi connectivity index (χ4n) is 3.11. The minimum Gasteiger partial charge on any atom is -0.496 e. The van der Waals surface area contributed by atoms with Crippen molar-refractivity contribution in [2.75, 3.05) is 7.11 Å². The average molecular weight is 362 g/mol. The number of hydrogen-bond donors (Lipinski definition) is 1. The van der Waals surface area contributed by atoms with Gasteiger partial charge in [-0.2, -0.15) is 10.2 Å². The summed E-state index contributed by atoms with van der Waals surface area (Å²) in [5.74, 6) is -0.274. The summed E-state index contributed by atoms with van der Waals surface area (Å²) in [6.07, 6.45) is 0. The number of carboxylic acid groups (broad SMARTS) is 1. The zero-order chi connectivity index (χ0) is 19.0. The molecule has 1 aromatic carbocycles. The van der Waals surface area contributed by atoms with Crippen LogP contribution in [0.2, 0.25) is 0 Å². The third kappa shape index (κ3) is 3.03. The first-order valence-electron chi connectivity index (χ1n) is 8.45. The number of methoxy groups -OCH3 is 1. The zero-order valence-corrected chi connectivity index (χ0v) is 15.0. The number of carbonyl (C=O) groups is 1. The van der Waals surface area contributed by atoms with Crippen molar-refractivity contribution in [1.29, 1.82) is 0 Å². The van der Waals surface area contributed by atoms with Gasteiger partial charge in [0.15, 0.2) is 5.69 Å². The van der Waals surface area contributed by atoms with E-state index in [1.165, 1.54) is 0 Å². The van der Waals surface area contributed by atoms with Gasteiger partial charge in [0.1, 0.15) is 5.75 Å². The van der Waals surface area contributed by atoms with E-state index in [0.717, 1.165) is 33.9 Å². The van der Waals surface area contributed by atoms with Crippen LogP contribution in [-0.4, -0.2) is 37.6 Å². The number of benzene rings is 1. The Hall–Kier alpha value is -3.61. The molecule has 3 aromatic heterocycles. The number of pyridine rings is 1. The Morgan fingerprint density at radius 1 is 1.11 bits per heavy atom. The fourth-order valence-corrected chi connectivity index (χ4v) is 3.11. The highest BCUT2D eigenvalue weighted by atomic mass is 16.5. The Labute approximate surface area is 155 Å². The number of ether oxygens (including phenoxy) is 1. The van der Waals surface area contributed by atoms with E-state index in [4.69, 9.17) is 14.9 Å². The van der Waals surface area contributed by atoms with Crippen LogP contribution in [0.25, 0.3) is 16.8 Å². The molecular formula is C20H18N4O3. The van der Waals surface area contributed by atoms with Crippen molar-refractivity contribution in [3.05, 3.63) is 71.7 Å². The lowest BCUT2D eigenvalue weighted by molar-refractivity contribution is 0.0689. The molecule has 0 saturated carbocycles. The molecule has 7 nitrogen and oxygen atoms in total. The molecule has 7 heteroatoms. The summed E-state index contributed by atoms with van der Waals surface area (Å²) in [6, 6.07) is 17.2. The lowest BCUT2D eigenvalue weighted by Crippen LogP contribution is -2.09. The van der Waals surface area contributed by atoms with E-state index < -0.39 is 5.97 Å². The predicted octanol–water partition coefficient (Wildman–Crippen LogP) is 3.26. The second-order valence-electron chi connectivity index (χ2n) is 6.22. The van der Waals surface area contributed by atoms with Gasteiger partial charge < -0.3 is 9.84 Å². The van der Waals surface area contributed by atoms with Gasteiger partial charge in [0.05, 0.1) is 30.6 Å². The van der Waals surface area contributed by atoms with Gasteiger partial charge in [-0.15, -0.1) is 0 Å². The van der Waals surface area contributed by atoms with E-state index in [1.54, 1.807) is 17.9 Å². The molecule has 1 N–H and O–H groups in total. The number of aromatic nitrogens is 4. The number of carboxylic acids is 1. The maximum Gasteiger partial charge on any atom is 0.356 e. The second kappa shape index (κ2) is 6.60. The Bertz CT molecular complexity index is 1140. The quantitative estimate of drug-likeness (QED) is 0.589. The van der Waals surface area contributed by atoms with Gasteiger partial charge in [0.2, 0.25) is 0 Å². The molecule has 0 bridgehead atoms. The SMILES string of the molecule is COc1ccccc1-c1cc2cccc(Cn3nc(C(=O)O)cc3C)n2n1. The predicted molar refractivity (Wildman–Crippen MR) is 100 cm³/mol. The summed E-state index contributed by atoms with van der Waals surface area (Å²) in [6.45, 7) is 2.26. The fraction of sp³-hybridized carbons (Fsp3) is 0.150. The molecule has 0 fully saturated rings. The molecule has 27 heavy (non-hydrogen) atoms. The third-order valence-corrected chi connectivity index (χ3v) is 4.46. The maximum atomic E-state index is 11.1. The highest BCUT2D eigenvalue weighted by Crippen LogP contribution is 2.29. The minimum absolute atomic E-state index is 0.0369. The lowest BCUT2D eigenvalue weighted by Gasteiger charge is -2.07. The number of hydrogen-bond acceptors (Lipinski definition) is 4. The van der Waals surface area contributed by atoms with Gasteiger partial charge in [-0.05, 0) is 43.3 Å². The van der Waals surface area contributed by atoms with Gasteiger partial charge in [-0.25, -0.2) is 9.31 Å². The van der Waals surface area contributed by atoms with Crippen molar-refractivity contribution >= 4 is 11.5 Å². The van der Waals surface area contributed by atoms with Crippen molar-refractivity contribution in [3.63, 3.8) is 0 Å². The first-order valence-corrected chi connectivity index (χ1v) is 8.45. The molecule has 0 unspecified atom stereocenters. The molecule has 4 aromatic rings. The topological polar surface area (TPSA) is 81.7 Å². The molecule has 0 spiro atoms. The monoisotopic (exact) mass is 362 g/mol. The summed E-state index contributed by atoms with van der Waals surface area (Å²) in [7, 11) is 1.64. The molecular weight excluding hydrogens is 344 g/mol. The number of para-hydroxylation sites is 1. The van der Waals surface area contributed by atoms with Crippen molar-refractivity contribution in [2.24, 2.45) is 0 Å². The smallest absolute Gasteiger partial charge is 0.356 e. The largest absolute Gasteiger partial charge is 0.496 e. The van der Waals surface area contributed by atoms with E-state index in [2.05, 4.69) is 5.10 Å². The molecule has 0 aliphatic heterocycles. The first kappa shape index (κ1) is 16.8. The maximum absolute atomic E-state index is 11.1. The van der Waals surface area contributed by atoms with Gasteiger partial charge in [-0.1, -0.05) is 18.2 Å². The van der Waals surface area contributed by atoms with E-state index in [9.17, 15) is 4.79 Å². The van der Waals surface area contributed by atoms with Crippen LogP contribution in [-0.2, 0) is 6.54 Å². The zero-order valence-electron chi connectivity index (χ0n) is 15.0. The highest BCUT2D eigenvalue weighted by molar-refractivity contribution is 5.85. The molecule has 0 radical (unpaired) electrons. The van der Waals surface area contributed by atoms with Crippen molar-refractivity contribution in [3.8, 4) is 17.0 Å². The number of fused-ring (bicyclic) bond motifs is 1. The third-order valence-electron chi connectivity index (χ3n) is 4.46. The Balaban J connectivity index is 1.77. The molecule has 0 aliphatic rings. The van der Waals surface area contributed by atoms with Crippen LogP contribution in [0.3, 0.4) is 0 Å². The average Bonchev–Trinajstić information content (AvgIpc) is 3.26. The second-order valence-corrected chi connectivity index (χ2v) is 6.22. The molecule has 136 valence electrons. The van der Waals surface area contributed by atoms with Gasteiger partial charge in [0.25, 0.3) is 0 Å². The van der Waals surface area contributed by atoms with E-state index in [-0.39, 0.29) is 5.69 Å². The van der Waals surface area contributed by atoms with E-state index in [0.29, 0.717) is 6.54 Å². The van der Waals surface area contributed by atoms with Crippen molar-refractivity contribution < 1.29 is 14.6 Å². The van der Waals surface area contributed by atoms with Gasteiger partial charge in [0, 0.05) is 11.3 Å². The summed E-state index contributed by atoms with van der Waals surface area (Å²) in [4.78, 5) is 11.1. The van der Waals surface area contributed by atoms with Crippen LogP contribution in [0, 0.1) is 6.92 Å². The summed E-state index contributed by atoms with van der Waals surface area (Å²) >= 11 is 0. The van der Waals surface area contributed by atoms with Crippen LogP contribution in [0.15, 0.2) is 54.6 Å². The molecule has 0 amide bonds. The van der Waals surface area contributed by atoms with Crippen LogP contribution in [0.1, 0.15) is 21.9 Å². The molecule has 3 heterocycles. The number of aromatic carboxylic acids is 1. The summed E-state index contributed by atoms with van der Waals surface area (Å²) in [5, 5.41) is 18.0. The first-order chi connectivity index (χ1) is 13.1. The molecule has 0 saturated heterocycles. The van der Waals surface area contributed by atoms with Crippen LogP contribution in [0.4, 0.5) is 0 Å². The Kier molecular flexibility index (Phi) is 4.12. The standard InChI is InChI=1S/C20H18N4O3/c1-13-10-18(20(25)26)21-23(13)12-15-7-5-6-14-11-17(22-24(14)15)16-8-3-4-9-19(16)27-2/h3-11H,12H2,1-2H3,(H,25,26). The normalized spacial score (nSPS) is 11.0. The van der Waals surface area contributed by atoms with Gasteiger partial charge >= 0.3 is 5.97 Å². The lowest BCUT2D eigenvalue weighted by atomic mass is 10.1. The van der Waals surface area contributed by atoms with Crippen molar-refractivity contribution in [1.82, 2.24) is 19.4 Å². The highest BCUT2D eigenvalue weighted by Gasteiger charge is 2.14. The summed E-state index contributed by atoms with van der Waals surface area (Å²) < 4.78 is 8.96. The molecule has 0 atom stereocenters.